The summed E-state index contributed by atoms with van der Waals surface area (Å²) in [6, 6.07) is 26.0. The molecule has 0 aliphatic rings. The first-order valence-corrected chi connectivity index (χ1v) is 13.7. The third-order valence-corrected chi connectivity index (χ3v) is 6.41. The van der Waals surface area contributed by atoms with Gasteiger partial charge in [-0.05, 0) is 71.8 Å². The van der Waals surface area contributed by atoms with E-state index in [1.165, 1.54) is 0 Å². The van der Waals surface area contributed by atoms with E-state index in [0.29, 0.717) is 0 Å². The normalized spacial score (nSPS) is 11.7. The van der Waals surface area contributed by atoms with Gasteiger partial charge in [-0.25, -0.2) is 9.97 Å². The van der Waals surface area contributed by atoms with Gasteiger partial charge in [-0.1, -0.05) is 60.7 Å². The molecule has 0 aliphatic carbocycles. The van der Waals surface area contributed by atoms with E-state index < -0.39 is 0 Å². The number of hydrogen-bond donors (Lipinski definition) is 6. The Morgan fingerprint density at radius 1 is 0.605 bits per heavy atom. The summed E-state index contributed by atoms with van der Waals surface area (Å²) >= 11 is 0. The van der Waals surface area contributed by atoms with E-state index >= 15 is 0 Å². The molecule has 4 aromatic carbocycles. The van der Waals surface area contributed by atoms with Crippen molar-refractivity contribution in [1.29, 1.82) is 0 Å². The zero-order valence-corrected chi connectivity index (χ0v) is 23.6. The number of imidazole rings is 2. The van der Waals surface area contributed by atoms with E-state index in [9.17, 15) is 10.2 Å². The van der Waals surface area contributed by atoms with Crippen LogP contribution in [0.3, 0.4) is 0 Å². The topological polar surface area (TPSA) is 136 Å². The summed E-state index contributed by atoms with van der Waals surface area (Å²) in [5, 5.41) is 21.9. The summed E-state index contributed by atoms with van der Waals surface area (Å²) in [5.74, 6) is 1.97. The number of nitrogens with one attached hydrogen (secondary N) is 3. The molecular formula is C35H32N6O2. The first-order chi connectivity index (χ1) is 20.9. The fraction of sp³-hybridized carbons (Fsp3) is 0.0286. The fourth-order valence-electron chi connectivity index (χ4n) is 4.19. The number of nitrogens with zero attached hydrogens (tertiary/aromatic N) is 2. The quantitative estimate of drug-likeness (QED) is 0.0868. The Hall–Kier alpha value is -6.02. The smallest absolute Gasteiger partial charge is 0.131 e. The minimum atomic E-state index is 0.227. The van der Waals surface area contributed by atoms with Crippen LogP contribution in [-0.4, -0.2) is 37.2 Å². The molecule has 2 heterocycles. The molecule has 6 aromatic rings. The molecule has 0 saturated carbocycles. The lowest BCUT2D eigenvalue weighted by Crippen LogP contribution is -1.86. The lowest BCUT2D eigenvalue weighted by atomic mass is 10.2. The van der Waals surface area contributed by atoms with Crippen molar-refractivity contribution in [2.45, 2.75) is 0 Å². The maximum absolute atomic E-state index is 9.44. The number of aromatic amines is 2. The Kier molecular flexibility index (Phi) is 8.99. The van der Waals surface area contributed by atoms with Gasteiger partial charge < -0.3 is 31.2 Å². The molecule has 0 unspecified atom stereocenters. The number of H-pyrrole nitrogens is 2. The summed E-state index contributed by atoms with van der Waals surface area (Å²) in [7, 11) is 1.90. The molecule has 0 amide bonds. The van der Waals surface area contributed by atoms with Crippen LogP contribution in [0.15, 0.2) is 109 Å². The highest BCUT2D eigenvalue weighted by Crippen LogP contribution is 2.19. The van der Waals surface area contributed by atoms with Gasteiger partial charge in [0.2, 0.25) is 0 Å². The Morgan fingerprint density at radius 3 is 1.51 bits per heavy atom. The Balaban J connectivity index is 0.000000171. The first-order valence-electron chi connectivity index (χ1n) is 13.7. The number of hydrogen-bond acceptors (Lipinski definition) is 6. The van der Waals surface area contributed by atoms with Crippen LogP contribution in [0.2, 0.25) is 0 Å². The molecule has 0 radical (unpaired) electrons. The monoisotopic (exact) mass is 567 g/mol. The van der Waals surface area contributed by atoms with Crippen molar-refractivity contribution in [1.82, 2.24) is 19.9 Å². The molecule has 43 heavy (non-hydrogen) atoms. The lowest BCUT2D eigenvalue weighted by Gasteiger charge is -1.98. The van der Waals surface area contributed by atoms with Crippen LogP contribution in [0.1, 0.15) is 22.8 Å². The summed E-state index contributed by atoms with van der Waals surface area (Å²) in [4.78, 5) is 15.1. The number of anilines is 2. The van der Waals surface area contributed by atoms with Crippen molar-refractivity contribution in [2.24, 2.45) is 0 Å². The highest BCUT2D eigenvalue weighted by atomic mass is 16.3. The van der Waals surface area contributed by atoms with E-state index in [2.05, 4.69) is 37.4 Å². The van der Waals surface area contributed by atoms with Gasteiger partial charge in [-0.3, -0.25) is 0 Å². The summed E-state index contributed by atoms with van der Waals surface area (Å²) in [5.41, 5.74) is 13.0. The molecule has 0 atom stereocenters. The largest absolute Gasteiger partial charge is 0.508 e. The van der Waals surface area contributed by atoms with E-state index in [0.717, 1.165) is 56.2 Å². The zero-order chi connectivity index (χ0) is 30.0. The number of aromatic hydroxyl groups is 2. The lowest BCUT2D eigenvalue weighted by molar-refractivity contribution is 0.475. The molecule has 0 saturated heterocycles. The van der Waals surface area contributed by atoms with Crippen LogP contribution in [0.4, 0.5) is 11.4 Å². The van der Waals surface area contributed by atoms with Crippen molar-refractivity contribution in [3.8, 4) is 11.5 Å². The van der Waals surface area contributed by atoms with Crippen molar-refractivity contribution in [3.63, 3.8) is 0 Å². The third-order valence-electron chi connectivity index (χ3n) is 6.41. The third kappa shape index (κ3) is 8.02. The Bertz CT molecular complexity index is 1930. The van der Waals surface area contributed by atoms with E-state index in [4.69, 9.17) is 5.73 Å². The van der Waals surface area contributed by atoms with E-state index in [1.54, 1.807) is 36.4 Å². The average molecular weight is 568 g/mol. The van der Waals surface area contributed by atoms with Gasteiger partial charge in [-0.15, -0.1) is 0 Å². The van der Waals surface area contributed by atoms with Gasteiger partial charge in [0, 0.05) is 30.6 Å². The minimum absolute atomic E-state index is 0.227. The molecule has 0 fully saturated rings. The Morgan fingerprint density at radius 2 is 1.05 bits per heavy atom. The SMILES string of the molecule is Nc1ccc(/C=C/C=C/c2nc3ccc(O)cc3[nH]2)cc1.[11CH3]Nc1ccc(/C=C/C=C/c2nc3ccc(O)cc3[nH]2)cc1. The van der Waals surface area contributed by atoms with Crippen molar-refractivity contribution < 1.29 is 10.2 Å². The highest BCUT2D eigenvalue weighted by Gasteiger charge is 2.01. The maximum Gasteiger partial charge on any atom is 0.131 e. The number of allylic oxidation sites excluding steroid dienone is 4. The number of fused-ring (bicyclic) bond motifs is 2. The predicted molar refractivity (Wildman–Crippen MR) is 178 cm³/mol. The van der Waals surface area contributed by atoms with Gasteiger partial charge in [0.15, 0.2) is 0 Å². The number of nitrogen functional groups attached to an aromatic ring is 1. The van der Waals surface area contributed by atoms with Gasteiger partial charge in [0.25, 0.3) is 0 Å². The molecule has 7 N–H and O–H groups in total. The van der Waals surface area contributed by atoms with Gasteiger partial charge >= 0.3 is 0 Å². The molecule has 8 heteroatoms. The number of benzene rings is 4. The molecule has 0 spiro atoms. The highest BCUT2D eigenvalue weighted by molar-refractivity contribution is 5.79. The predicted octanol–water partition coefficient (Wildman–Crippen LogP) is 7.61. The second kappa shape index (κ2) is 13.6. The van der Waals surface area contributed by atoms with Gasteiger partial charge in [0.1, 0.15) is 23.1 Å². The van der Waals surface area contributed by atoms with Crippen LogP contribution in [-0.2, 0) is 0 Å². The second-order valence-corrected chi connectivity index (χ2v) is 9.62. The molecule has 0 aliphatic heterocycles. The van der Waals surface area contributed by atoms with Crippen LogP contribution >= 0.6 is 0 Å². The van der Waals surface area contributed by atoms with Crippen molar-refractivity contribution in [2.75, 3.05) is 18.1 Å². The van der Waals surface area contributed by atoms with E-state index in [1.807, 2.05) is 92.1 Å². The van der Waals surface area contributed by atoms with Crippen LogP contribution in [0.25, 0.3) is 46.4 Å². The molecular weight excluding hydrogens is 535 g/mol. The number of phenols is 2. The van der Waals surface area contributed by atoms with Crippen molar-refractivity contribution >= 4 is 57.7 Å². The average Bonchev–Trinajstić information content (AvgIpc) is 3.61. The first kappa shape index (κ1) is 28.5. The molecule has 8 nitrogen and oxygen atoms in total. The summed E-state index contributed by atoms with van der Waals surface area (Å²) in [6.45, 7) is 0. The zero-order valence-electron chi connectivity index (χ0n) is 23.6. The number of nitrogens with two attached hydrogens (primary N) is 1. The van der Waals surface area contributed by atoms with Crippen molar-refractivity contribution in [3.05, 3.63) is 132 Å². The number of rotatable bonds is 7. The maximum atomic E-state index is 9.44. The second-order valence-electron chi connectivity index (χ2n) is 9.62. The summed E-state index contributed by atoms with van der Waals surface area (Å²) < 4.78 is 0. The minimum Gasteiger partial charge on any atom is -0.508 e. The number of aromatic nitrogens is 4. The van der Waals surface area contributed by atoms with Crippen LogP contribution in [0, 0.1) is 0 Å². The Labute approximate surface area is 249 Å². The summed E-state index contributed by atoms with van der Waals surface area (Å²) in [6.07, 6.45) is 15.6. The standard InChI is InChI=1S/C18H17N3O.C17H15N3O/c1-19-14-8-6-13(7-9-14)4-2-3-5-18-20-16-11-10-15(22)12-17(16)21-18;18-13-7-5-12(6-8-13)3-1-2-4-17-19-15-10-9-14(21)11-16(15)20-17/h2-12,19,22H,1H3,(H,20,21);1-11,21H,18H2,(H,19,20)/b4-2+,5-3+;3-1+,4-2+/i1-1;. The van der Waals surface area contributed by atoms with Gasteiger partial charge in [0.05, 0.1) is 22.1 Å². The molecule has 214 valence electrons. The molecule has 6 rings (SSSR count). The van der Waals surface area contributed by atoms with Crippen LogP contribution < -0.4 is 11.1 Å². The molecule has 2 aromatic heterocycles. The fourth-order valence-corrected chi connectivity index (χ4v) is 4.19. The van der Waals surface area contributed by atoms with E-state index in [-0.39, 0.29) is 11.5 Å². The number of phenolic OH excluding ortho intramolecular Hbond substituents is 2. The molecule has 0 bridgehead atoms. The van der Waals surface area contributed by atoms with Gasteiger partial charge in [-0.2, -0.15) is 0 Å². The van der Waals surface area contributed by atoms with Crippen LogP contribution in [0.5, 0.6) is 11.5 Å².